The average molecular weight is 263 g/mol. The molecular formula is C15H21NO3. The van der Waals surface area contributed by atoms with E-state index in [9.17, 15) is 9.59 Å². The van der Waals surface area contributed by atoms with Crippen molar-refractivity contribution in [3.63, 3.8) is 0 Å². The summed E-state index contributed by atoms with van der Waals surface area (Å²) in [6, 6.07) is 10.3. The molecule has 0 radical (unpaired) electrons. The number of carbonyl (C=O) groups excluding carboxylic acids is 2. The zero-order valence-electron chi connectivity index (χ0n) is 11.7. The van der Waals surface area contributed by atoms with Gasteiger partial charge in [0.15, 0.2) is 0 Å². The standard InChI is InChI=1S/C10H11NO.C5H10O2/c12-9-6-10(11-7-9)8-4-2-1-3-5-8;1-5(2,3)7-4-6/h1-5,10-11H,6-7H2;4H,1-3H3/t10-;/m0./s1. The monoisotopic (exact) mass is 263 g/mol. The van der Waals surface area contributed by atoms with E-state index < -0.39 is 0 Å². The van der Waals surface area contributed by atoms with Crippen LogP contribution in [0.1, 0.15) is 38.8 Å². The zero-order chi connectivity index (χ0) is 14.3. The molecule has 104 valence electrons. The van der Waals surface area contributed by atoms with Gasteiger partial charge in [0.05, 0.1) is 6.54 Å². The molecular weight excluding hydrogens is 242 g/mol. The van der Waals surface area contributed by atoms with Crippen LogP contribution in [0.5, 0.6) is 0 Å². The number of rotatable bonds is 2. The van der Waals surface area contributed by atoms with Gasteiger partial charge in [-0.15, -0.1) is 0 Å². The second-order valence-corrected chi connectivity index (χ2v) is 5.41. The quantitative estimate of drug-likeness (QED) is 0.831. The topological polar surface area (TPSA) is 55.4 Å². The highest BCUT2D eigenvalue weighted by Gasteiger charge is 2.21. The fourth-order valence-electron chi connectivity index (χ4n) is 1.67. The predicted octanol–water partition coefficient (Wildman–Crippen LogP) is 2.25. The minimum Gasteiger partial charge on any atom is -0.462 e. The Bertz CT molecular complexity index is 409. The van der Waals surface area contributed by atoms with Gasteiger partial charge >= 0.3 is 0 Å². The van der Waals surface area contributed by atoms with E-state index in [4.69, 9.17) is 0 Å². The largest absolute Gasteiger partial charge is 0.462 e. The number of nitrogens with one attached hydrogen (secondary N) is 1. The summed E-state index contributed by atoms with van der Waals surface area (Å²) in [5.41, 5.74) is 0.894. The SMILES string of the molecule is CC(C)(C)OC=O.O=C1CN[C@H](c2ccccc2)C1. The molecule has 1 saturated heterocycles. The molecule has 4 heteroatoms. The molecule has 0 spiro atoms. The van der Waals surface area contributed by atoms with Crippen molar-refractivity contribution in [2.45, 2.75) is 38.8 Å². The molecule has 1 atom stereocenters. The number of hydrogen-bond acceptors (Lipinski definition) is 4. The number of ether oxygens (including phenoxy) is 1. The molecule has 1 aliphatic rings. The summed E-state index contributed by atoms with van der Waals surface area (Å²) in [4.78, 5) is 20.6. The molecule has 19 heavy (non-hydrogen) atoms. The van der Waals surface area contributed by atoms with E-state index >= 15 is 0 Å². The summed E-state index contributed by atoms with van der Waals surface area (Å²) in [5, 5.41) is 3.17. The van der Waals surface area contributed by atoms with Gasteiger partial charge in [0, 0.05) is 12.5 Å². The van der Waals surface area contributed by atoms with Crippen LogP contribution < -0.4 is 5.32 Å². The number of hydrogen-bond donors (Lipinski definition) is 1. The Balaban J connectivity index is 0.000000224. The highest BCUT2D eigenvalue weighted by Crippen LogP contribution is 2.20. The lowest BCUT2D eigenvalue weighted by atomic mass is 10.1. The summed E-state index contributed by atoms with van der Waals surface area (Å²) < 4.78 is 4.55. The first-order valence-electron chi connectivity index (χ1n) is 6.34. The molecule has 0 aromatic heterocycles. The average Bonchev–Trinajstić information content (AvgIpc) is 2.76. The zero-order valence-corrected chi connectivity index (χ0v) is 11.7. The van der Waals surface area contributed by atoms with Crippen LogP contribution in [0.25, 0.3) is 0 Å². The van der Waals surface area contributed by atoms with Gasteiger partial charge in [0.1, 0.15) is 11.4 Å². The molecule has 1 heterocycles. The summed E-state index contributed by atoms with van der Waals surface area (Å²) in [5.74, 6) is 0.309. The Labute approximate surface area is 114 Å². The molecule has 0 saturated carbocycles. The molecule has 0 bridgehead atoms. The molecule has 2 rings (SSSR count). The van der Waals surface area contributed by atoms with Crippen molar-refractivity contribution in [1.29, 1.82) is 0 Å². The smallest absolute Gasteiger partial charge is 0.293 e. The summed E-state index contributed by atoms with van der Waals surface area (Å²) in [6.07, 6.45) is 0.643. The van der Waals surface area contributed by atoms with Crippen LogP contribution in [-0.2, 0) is 14.3 Å². The third-order valence-corrected chi connectivity index (χ3v) is 2.58. The first kappa shape index (κ1) is 15.4. The van der Waals surface area contributed by atoms with Crippen molar-refractivity contribution in [1.82, 2.24) is 5.32 Å². The fourth-order valence-corrected chi connectivity index (χ4v) is 1.67. The van der Waals surface area contributed by atoms with Crippen LogP contribution in [0, 0.1) is 0 Å². The molecule has 1 fully saturated rings. The Kier molecular flexibility index (Phi) is 5.70. The molecule has 0 amide bonds. The third-order valence-electron chi connectivity index (χ3n) is 2.58. The van der Waals surface area contributed by atoms with E-state index in [0.29, 0.717) is 25.2 Å². The van der Waals surface area contributed by atoms with Gasteiger partial charge < -0.3 is 10.1 Å². The number of Topliss-reactive ketones (excluding diaryl/α,β-unsaturated/α-hetero) is 1. The molecule has 1 aromatic rings. The van der Waals surface area contributed by atoms with Gasteiger partial charge in [0.25, 0.3) is 6.47 Å². The fraction of sp³-hybridized carbons (Fsp3) is 0.467. The maximum absolute atomic E-state index is 11.0. The Morgan fingerprint density at radius 1 is 1.26 bits per heavy atom. The molecule has 0 aliphatic carbocycles. The number of carbonyl (C=O) groups is 2. The lowest BCUT2D eigenvalue weighted by Crippen LogP contribution is -2.17. The second kappa shape index (κ2) is 7.04. The van der Waals surface area contributed by atoms with E-state index in [1.54, 1.807) is 0 Å². The lowest BCUT2D eigenvalue weighted by molar-refractivity contribution is -0.138. The maximum atomic E-state index is 11.0. The number of ketones is 1. The van der Waals surface area contributed by atoms with Crippen molar-refractivity contribution in [2.75, 3.05) is 6.54 Å². The molecule has 1 N–H and O–H groups in total. The van der Waals surface area contributed by atoms with Crippen molar-refractivity contribution in [2.24, 2.45) is 0 Å². The van der Waals surface area contributed by atoms with Gasteiger partial charge in [-0.3, -0.25) is 9.59 Å². The van der Waals surface area contributed by atoms with Crippen molar-refractivity contribution in [3.05, 3.63) is 35.9 Å². The predicted molar refractivity (Wildman–Crippen MR) is 73.7 cm³/mol. The third kappa shape index (κ3) is 6.15. The van der Waals surface area contributed by atoms with E-state index in [0.717, 1.165) is 0 Å². The van der Waals surface area contributed by atoms with Crippen molar-refractivity contribution in [3.8, 4) is 0 Å². The van der Waals surface area contributed by atoms with Gasteiger partial charge in [-0.05, 0) is 26.3 Å². The van der Waals surface area contributed by atoms with Gasteiger partial charge in [-0.2, -0.15) is 0 Å². The van der Waals surface area contributed by atoms with E-state index in [1.165, 1.54) is 5.56 Å². The van der Waals surface area contributed by atoms with E-state index in [-0.39, 0.29) is 11.6 Å². The molecule has 1 aromatic carbocycles. The summed E-state index contributed by atoms with van der Waals surface area (Å²) >= 11 is 0. The van der Waals surface area contributed by atoms with E-state index in [1.807, 2.05) is 39.0 Å². The first-order chi connectivity index (χ1) is 8.92. The van der Waals surface area contributed by atoms with Gasteiger partial charge in [-0.1, -0.05) is 30.3 Å². The van der Waals surface area contributed by atoms with E-state index in [2.05, 4.69) is 22.2 Å². The van der Waals surface area contributed by atoms with Gasteiger partial charge in [-0.25, -0.2) is 0 Å². The summed E-state index contributed by atoms with van der Waals surface area (Å²) in [6.45, 7) is 6.45. The Hall–Kier alpha value is -1.68. The van der Waals surface area contributed by atoms with Crippen LogP contribution >= 0.6 is 0 Å². The van der Waals surface area contributed by atoms with Crippen molar-refractivity contribution >= 4 is 12.3 Å². The number of benzene rings is 1. The molecule has 0 unspecified atom stereocenters. The Morgan fingerprint density at radius 3 is 2.26 bits per heavy atom. The van der Waals surface area contributed by atoms with Crippen LogP contribution in [0.4, 0.5) is 0 Å². The minimum absolute atomic E-state index is 0.249. The lowest BCUT2D eigenvalue weighted by Gasteiger charge is -2.14. The Morgan fingerprint density at radius 2 is 1.89 bits per heavy atom. The van der Waals surface area contributed by atoms with Crippen LogP contribution in [-0.4, -0.2) is 24.4 Å². The van der Waals surface area contributed by atoms with Crippen LogP contribution in [0.3, 0.4) is 0 Å². The normalized spacial score (nSPS) is 18.5. The van der Waals surface area contributed by atoms with Crippen LogP contribution in [0.2, 0.25) is 0 Å². The second-order valence-electron chi connectivity index (χ2n) is 5.41. The van der Waals surface area contributed by atoms with Gasteiger partial charge in [0.2, 0.25) is 0 Å². The molecule has 4 nitrogen and oxygen atoms in total. The maximum Gasteiger partial charge on any atom is 0.293 e. The minimum atomic E-state index is -0.318. The van der Waals surface area contributed by atoms with Crippen molar-refractivity contribution < 1.29 is 14.3 Å². The highest BCUT2D eigenvalue weighted by atomic mass is 16.5. The van der Waals surface area contributed by atoms with Crippen LogP contribution in [0.15, 0.2) is 30.3 Å². The first-order valence-corrected chi connectivity index (χ1v) is 6.34. The highest BCUT2D eigenvalue weighted by molar-refractivity contribution is 5.83. The summed E-state index contributed by atoms with van der Waals surface area (Å²) in [7, 11) is 0. The molecule has 1 aliphatic heterocycles.